The molecule has 1 saturated heterocycles. The number of sulfonamides is 1. The molecule has 1 aromatic rings. The Morgan fingerprint density at radius 3 is 2.63 bits per heavy atom. The zero-order valence-electron chi connectivity index (χ0n) is 10.6. The van der Waals surface area contributed by atoms with E-state index in [1.54, 1.807) is 18.2 Å². The lowest BCUT2D eigenvalue weighted by molar-refractivity contribution is -0.117. The summed E-state index contributed by atoms with van der Waals surface area (Å²) in [6.07, 6.45) is 0.404. The van der Waals surface area contributed by atoms with Crippen LogP contribution in [0.25, 0.3) is 0 Å². The minimum Gasteiger partial charge on any atom is -0.325 e. The van der Waals surface area contributed by atoms with Crippen molar-refractivity contribution in [1.29, 1.82) is 0 Å². The first-order chi connectivity index (χ1) is 9.03. The molecule has 1 aromatic carbocycles. The summed E-state index contributed by atoms with van der Waals surface area (Å²) in [5.74, 6) is 0.179. The molecular weight excluding hydrogens is 266 g/mol. The van der Waals surface area contributed by atoms with E-state index in [1.807, 2.05) is 0 Å². The Morgan fingerprint density at radius 2 is 2.05 bits per heavy atom. The number of anilines is 1. The van der Waals surface area contributed by atoms with Crippen molar-refractivity contribution < 1.29 is 13.2 Å². The lowest BCUT2D eigenvalue weighted by Gasteiger charge is -2.26. The zero-order chi connectivity index (χ0) is 13.9. The van der Waals surface area contributed by atoms with Crippen LogP contribution < -0.4 is 15.4 Å². The molecule has 0 saturated carbocycles. The molecule has 1 amide bonds. The molecule has 7 heteroatoms. The first-order valence-corrected chi connectivity index (χ1v) is 7.54. The molecule has 1 aliphatic heterocycles. The van der Waals surface area contributed by atoms with Crippen LogP contribution in [0.5, 0.6) is 0 Å². The first kappa shape index (κ1) is 14.0. The molecule has 0 aliphatic carbocycles. The highest BCUT2D eigenvalue weighted by Crippen LogP contribution is 2.21. The third-order valence-electron chi connectivity index (χ3n) is 3.06. The van der Waals surface area contributed by atoms with Crippen LogP contribution in [0.4, 0.5) is 5.69 Å². The molecule has 0 spiro atoms. The maximum absolute atomic E-state index is 11.8. The number of para-hydroxylation sites is 1. The average Bonchev–Trinajstić information content (AvgIpc) is 2.34. The standard InChI is InChI=1S/C12H17N3O3S/c1-13-19(17,18)11-5-3-2-4-10(11)15-12(16)6-9-7-14-8-9/h2-5,9,13-14H,6-8H2,1H3,(H,15,16). The van der Waals surface area contributed by atoms with Gasteiger partial charge in [0.1, 0.15) is 4.90 Å². The monoisotopic (exact) mass is 283 g/mol. The largest absolute Gasteiger partial charge is 0.325 e. The molecule has 0 atom stereocenters. The van der Waals surface area contributed by atoms with Crippen molar-refractivity contribution in [3.05, 3.63) is 24.3 Å². The van der Waals surface area contributed by atoms with Crippen molar-refractivity contribution >= 4 is 21.6 Å². The molecule has 2 rings (SSSR count). The molecule has 3 N–H and O–H groups in total. The van der Waals surface area contributed by atoms with Crippen molar-refractivity contribution in [2.45, 2.75) is 11.3 Å². The second-order valence-electron chi connectivity index (χ2n) is 4.48. The fourth-order valence-corrected chi connectivity index (χ4v) is 2.76. The van der Waals surface area contributed by atoms with E-state index in [0.29, 0.717) is 18.0 Å². The highest BCUT2D eigenvalue weighted by atomic mass is 32.2. The predicted molar refractivity (Wildman–Crippen MR) is 72.3 cm³/mol. The van der Waals surface area contributed by atoms with Crippen molar-refractivity contribution in [3.63, 3.8) is 0 Å². The maximum atomic E-state index is 11.8. The van der Waals surface area contributed by atoms with Crippen LogP contribution in [0.15, 0.2) is 29.2 Å². The second kappa shape index (κ2) is 5.68. The predicted octanol–water partition coefficient (Wildman–Crippen LogP) is 0.143. The van der Waals surface area contributed by atoms with Gasteiger partial charge in [0.2, 0.25) is 15.9 Å². The first-order valence-electron chi connectivity index (χ1n) is 6.06. The molecule has 104 valence electrons. The van der Waals surface area contributed by atoms with E-state index >= 15 is 0 Å². The third kappa shape index (κ3) is 3.31. The van der Waals surface area contributed by atoms with E-state index in [9.17, 15) is 13.2 Å². The number of carbonyl (C=O) groups excluding carboxylic acids is 1. The Labute approximate surface area is 112 Å². The Balaban J connectivity index is 2.13. The molecule has 0 radical (unpaired) electrons. The number of hydrogen-bond donors (Lipinski definition) is 3. The molecule has 1 heterocycles. The van der Waals surface area contributed by atoms with E-state index in [-0.39, 0.29) is 10.8 Å². The molecule has 1 aliphatic rings. The van der Waals surface area contributed by atoms with Gasteiger partial charge in [0.05, 0.1) is 5.69 Å². The van der Waals surface area contributed by atoms with Gasteiger partial charge in [-0.1, -0.05) is 12.1 Å². The van der Waals surface area contributed by atoms with Gasteiger partial charge in [-0.25, -0.2) is 13.1 Å². The number of carbonyl (C=O) groups is 1. The number of rotatable bonds is 5. The molecule has 6 nitrogen and oxygen atoms in total. The third-order valence-corrected chi connectivity index (χ3v) is 4.53. The van der Waals surface area contributed by atoms with Gasteiger partial charge in [0.15, 0.2) is 0 Å². The van der Waals surface area contributed by atoms with Crippen LogP contribution in [0, 0.1) is 5.92 Å². The van der Waals surface area contributed by atoms with Gasteiger partial charge in [-0.05, 0) is 38.2 Å². The van der Waals surface area contributed by atoms with Crippen LogP contribution in [-0.4, -0.2) is 34.5 Å². The average molecular weight is 283 g/mol. The summed E-state index contributed by atoms with van der Waals surface area (Å²) in [6, 6.07) is 6.36. The Bertz CT molecular complexity index is 567. The van der Waals surface area contributed by atoms with Crippen molar-refractivity contribution in [3.8, 4) is 0 Å². The van der Waals surface area contributed by atoms with Gasteiger partial charge in [-0.3, -0.25) is 4.79 Å². The van der Waals surface area contributed by atoms with Crippen molar-refractivity contribution in [1.82, 2.24) is 10.0 Å². The number of nitrogens with one attached hydrogen (secondary N) is 3. The van der Waals surface area contributed by atoms with Crippen molar-refractivity contribution in [2.24, 2.45) is 5.92 Å². The lowest BCUT2D eigenvalue weighted by atomic mass is 9.99. The van der Waals surface area contributed by atoms with E-state index in [2.05, 4.69) is 15.4 Å². The summed E-state index contributed by atoms with van der Waals surface area (Å²) in [6.45, 7) is 1.67. The Hall–Kier alpha value is -1.44. The second-order valence-corrected chi connectivity index (χ2v) is 6.34. The molecule has 0 unspecified atom stereocenters. The van der Waals surface area contributed by atoms with Gasteiger partial charge in [0, 0.05) is 6.42 Å². The topological polar surface area (TPSA) is 87.3 Å². The highest BCUT2D eigenvalue weighted by molar-refractivity contribution is 7.89. The minimum absolute atomic E-state index is 0.0811. The SMILES string of the molecule is CNS(=O)(=O)c1ccccc1NC(=O)CC1CNC1. The summed E-state index contributed by atoms with van der Waals surface area (Å²) >= 11 is 0. The fourth-order valence-electron chi connectivity index (χ4n) is 1.87. The van der Waals surface area contributed by atoms with Crippen LogP contribution >= 0.6 is 0 Å². The summed E-state index contributed by atoms with van der Waals surface area (Å²) in [5, 5.41) is 5.75. The normalized spacial score (nSPS) is 15.8. The summed E-state index contributed by atoms with van der Waals surface area (Å²) in [5.41, 5.74) is 0.314. The van der Waals surface area contributed by atoms with Gasteiger partial charge in [-0.15, -0.1) is 0 Å². The van der Waals surface area contributed by atoms with Gasteiger partial charge >= 0.3 is 0 Å². The number of benzene rings is 1. The van der Waals surface area contributed by atoms with Crippen molar-refractivity contribution in [2.75, 3.05) is 25.5 Å². The Kier molecular flexibility index (Phi) is 4.18. The molecular formula is C12H17N3O3S. The quantitative estimate of drug-likeness (QED) is 0.717. The smallest absolute Gasteiger partial charge is 0.242 e. The van der Waals surface area contributed by atoms with Gasteiger partial charge < -0.3 is 10.6 Å². The van der Waals surface area contributed by atoms with Gasteiger partial charge in [-0.2, -0.15) is 0 Å². The maximum Gasteiger partial charge on any atom is 0.242 e. The number of amides is 1. The van der Waals surface area contributed by atoms with E-state index in [4.69, 9.17) is 0 Å². The summed E-state index contributed by atoms with van der Waals surface area (Å²) in [7, 11) is -2.23. The van der Waals surface area contributed by atoms with E-state index < -0.39 is 10.0 Å². The molecule has 0 bridgehead atoms. The summed E-state index contributed by atoms with van der Waals surface area (Å²) in [4.78, 5) is 11.9. The lowest BCUT2D eigenvalue weighted by Crippen LogP contribution is -2.43. The zero-order valence-corrected chi connectivity index (χ0v) is 11.5. The highest BCUT2D eigenvalue weighted by Gasteiger charge is 2.22. The van der Waals surface area contributed by atoms with Crippen LogP contribution in [0.2, 0.25) is 0 Å². The minimum atomic E-state index is -3.57. The Morgan fingerprint density at radius 1 is 1.37 bits per heavy atom. The van der Waals surface area contributed by atoms with E-state index in [1.165, 1.54) is 13.1 Å². The molecule has 19 heavy (non-hydrogen) atoms. The number of hydrogen-bond acceptors (Lipinski definition) is 4. The van der Waals surface area contributed by atoms with Crippen LogP contribution in [-0.2, 0) is 14.8 Å². The van der Waals surface area contributed by atoms with Crippen LogP contribution in [0.3, 0.4) is 0 Å². The summed E-state index contributed by atoms with van der Waals surface area (Å²) < 4.78 is 25.9. The van der Waals surface area contributed by atoms with E-state index in [0.717, 1.165) is 13.1 Å². The van der Waals surface area contributed by atoms with Gasteiger partial charge in [0.25, 0.3) is 0 Å². The molecule has 0 aromatic heterocycles. The molecule has 1 fully saturated rings. The fraction of sp³-hybridized carbons (Fsp3) is 0.417. The van der Waals surface area contributed by atoms with Crippen LogP contribution in [0.1, 0.15) is 6.42 Å².